The number of benzene rings is 11. The summed E-state index contributed by atoms with van der Waals surface area (Å²) in [5, 5.41) is 4.90. The minimum atomic E-state index is -3.43. The Labute approximate surface area is 479 Å². The Hall–Kier alpha value is -9.12. The van der Waals surface area contributed by atoms with E-state index in [0.29, 0.717) is 33.6 Å². The minimum Gasteiger partial charge on any atom is -0.278 e. The maximum Gasteiger partial charge on any atom is 0.220 e. The summed E-state index contributed by atoms with van der Waals surface area (Å²) in [5.74, 6) is 1.12. The van der Waals surface area contributed by atoms with Crippen molar-refractivity contribution >= 4 is 108 Å². The number of nitrogens with zero attached hydrogens (tertiary/aromatic N) is 6. The van der Waals surface area contributed by atoms with E-state index in [-0.39, 0.29) is 11.1 Å². The van der Waals surface area contributed by atoms with Crippen LogP contribution in [0.3, 0.4) is 0 Å². The van der Waals surface area contributed by atoms with Gasteiger partial charge in [-0.15, -0.1) is 0 Å². The standard InChI is InChI=1S/C71H48N6S2Si/c1-45-21-17-35-59-66(45)72-69-75(56-33-12-13-34-57(56)76(59)69)48-41-42-58-61(44-48)77-60-36-18-22-46(2)67(60)73-70(77)74(58)47-23-19-28-51(43-47)80(49-24-5-3-6-25-49,50-26-7-4-8-27-50)65-40-20-32-55-68(65)79-64-39-16-11-31-54(64)71(55)52-29-9-14-37-62(52)78-63-38-15-10-30-53(63)71/h3-44H,1-2H3/i1D3,2D3. The molecule has 0 bridgehead atoms. The molecule has 2 aliphatic rings. The molecular weight excluding hydrogens is 1030 g/mol. The number of hydrogen-bond donors (Lipinski definition) is 0. The molecule has 0 fully saturated rings. The van der Waals surface area contributed by atoms with E-state index in [0.717, 1.165) is 38.6 Å². The van der Waals surface area contributed by atoms with Crippen LogP contribution in [-0.4, -0.2) is 36.0 Å². The third-order valence-electron chi connectivity index (χ3n) is 16.9. The summed E-state index contributed by atoms with van der Waals surface area (Å²) in [6.45, 7) is -4.83. The summed E-state index contributed by atoms with van der Waals surface area (Å²) in [6.07, 6.45) is 0. The molecule has 0 saturated heterocycles. The fourth-order valence-electron chi connectivity index (χ4n) is 13.7. The van der Waals surface area contributed by atoms with Gasteiger partial charge in [-0.25, -0.2) is 9.97 Å². The van der Waals surface area contributed by atoms with Gasteiger partial charge in [0.25, 0.3) is 0 Å². The zero-order valence-corrected chi connectivity index (χ0v) is 45.4. The molecule has 17 rings (SSSR count). The van der Waals surface area contributed by atoms with Crippen molar-refractivity contribution in [3.8, 4) is 11.4 Å². The van der Waals surface area contributed by atoms with Gasteiger partial charge >= 0.3 is 0 Å². The molecule has 0 unspecified atom stereocenters. The third kappa shape index (κ3) is 6.11. The van der Waals surface area contributed by atoms with E-state index in [1.165, 1.54) is 57.4 Å². The van der Waals surface area contributed by atoms with Crippen molar-refractivity contribution < 1.29 is 8.22 Å². The Morgan fingerprint density at radius 1 is 0.375 bits per heavy atom. The largest absolute Gasteiger partial charge is 0.278 e. The fourth-order valence-corrected chi connectivity index (χ4v) is 21.6. The van der Waals surface area contributed by atoms with Crippen LogP contribution in [0.2, 0.25) is 0 Å². The lowest BCUT2D eigenvalue weighted by molar-refractivity contribution is 0.668. The van der Waals surface area contributed by atoms with Crippen LogP contribution in [0.1, 0.15) is 41.6 Å². The molecule has 0 aliphatic carbocycles. The maximum absolute atomic E-state index is 8.76. The van der Waals surface area contributed by atoms with Crippen LogP contribution < -0.4 is 20.7 Å². The van der Waals surface area contributed by atoms with Gasteiger partial charge in [-0.05, 0) is 141 Å². The smallest absolute Gasteiger partial charge is 0.220 e. The first-order valence-electron chi connectivity index (χ1n) is 29.8. The molecule has 0 radical (unpaired) electrons. The fraction of sp³-hybridized carbons (Fsp3) is 0.0423. The summed E-state index contributed by atoms with van der Waals surface area (Å²) < 4.78 is 60.1. The first-order chi connectivity index (χ1) is 41.9. The highest BCUT2D eigenvalue weighted by Crippen LogP contribution is 2.61. The van der Waals surface area contributed by atoms with Gasteiger partial charge in [-0.1, -0.05) is 206 Å². The number of fused-ring (bicyclic) bond motifs is 18. The monoisotopic (exact) mass is 1080 g/mol. The Kier molecular flexibility index (Phi) is 8.62. The predicted octanol–water partition coefficient (Wildman–Crippen LogP) is 14.5. The van der Waals surface area contributed by atoms with Gasteiger partial charge in [0.2, 0.25) is 11.6 Å². The maximum atomic E-state index is 8.76. The molecule has 15 aromatic rings. The zero-order valence-electron chi connectivity index (χ0n) is 48.7. The highest BCUT2D eigenvalue weighted by atomic mass is 32.2. The Morgan fingerprint density at radius 2 is 0.838 bits per heavy atom. The van der Waals surface area contributed by atoms with Crippen molar-refractivity contribution in [3.05, 3.63) is 288 Å². The van der Waals surface area contributed by atoms with Crippen LogP contribution in [0.5, 0.6) is 0 Å². The summed E-state index contributed by atoms with van der Waals surface area (Å²) in [5.41, 5.74) is 12.0. The van der Waals surface area contributed by atoms with Crippen LogP contribution in [0.15, 0.2) is 274 Å². The topological polar surface area (TPSA) is 44.5 Å². The Bertz CT molecular complexity index is 5210. The molecule has 378 valence electrons. The summed E-state index contributed by atoms with van der Waals surface area (Å²) >= 11 is 3.73. The van der Waals surface area contributed by atoms with E-state index in [1.807, 2.05) is 58.3 Å². The van der Waals surface area contributed by atoms with Crippen molar-refractivity contribution in [2.24, 2.45) is 0 Å². The molecule has 1 spiro atoms. The Balaban J connectivity index is 0.953. The van der Waals surface area contributed by atoms with E-state index >= 15 is 0 Å². The molecule has 6 nitrogen and oxygen atoms in total. The zero-order chi connectivity index (χ0) is 57.8. The number of rotatable bonds is 6. The van der Waals surface area contributed by atoms with Crippen molar-refractivity contribution in [3.63, 3.8) is 0 Å². The van der Waals surface area contributed by atoms with Crippen LogP contribution >= 0.6 is 23.5 Å². The summed E-state index contributed by atoms with van der Waals surface area (Å²) in [6, 6.07) is 90.4. The van der Waals surface area contributed by atoms with Crippen molar-refractivity contribution in [1.82, 2.24) is 27.9 Å². The van der Waals surface area contributed by atoms with E-state index < -0.39 is 27.2 Å². The normalized spacial score (nSPS) is 15.1. The van der Waals surface area contributed by atoms with Crippen LogP contribution in [0.25, 0.3) is 67.1 Å². The Morgan fingerprint density at radius 3 is 1.45 bits per heavy atom. The van der Waals surface area contributed by atoms with Gasteiger partial charge in [-0.2, -0.15) is 0 Å². The average Bonchev–Trinajstić information content (AvgIpc) is 0.851. The second kappa shape index (κ2) is 17.2. The second-order valence-corrected chi connectivity index (χ2v) is 26.7. The quantitative estimate of drug-likeness (QED) is 0.123. The first-order valence-corrected chi connectivity index (χ1v) is 30.4. The molecule has 4 aromatic heterocycles. The van der Waals surface area contributed by atoms with Gasteiger partial charge in [0.05, 0.1) is 55.2 Å². The molecule has 6 heterocycles. The molecule has 0 atom stereocenters. The van der Waals surface area contributed by atoms with Gasteiger partial charge in [0.1, 0.15) is 0 Å². The number of para-hydroxylation sites is 4. The molecule has 11 aromatic carbocycles. The SMILES string of the molecule is [2H]C([2H])([2H])c1cccc2c1nc1n(-c3ccc4c(c3)n3c5cccc(C([2H])([2H])[2H])c5nc3n4-c3cccc([Si](c4ccccc4)(c4ccccc4)c4cccc5c4Sc4ccccc4C54c5ccccc5Sc5ccccc54)c3)c3ccccc3n21. The van der Waals surface area contributed by atoms with Crippen LogP contribution in [-0.2, 0) is 5.41 Å². The highest BCUT2D eigenvalue weighted by molar-refractivity contribution is 8.00. The van der Waals surface area contributed by atoms with Crippen LogP contribution in [0.4, 0.5) is 0 Å². The van der Waals surface area contributed by atoms with E-state index in [2.05, 4.69) is 214 Å². The molecule has 0 amide bonds. The average molecular weight is 1080 g/mol. The molecular formula is C71H48N6S2Si. The number of hydrogen-bond acceptors (Lipinski definition) is 4. The van der Waals surface area contributed by atoms with E-state index in [9.17, 15) is 0 Å². The first kappa shape index (κ1) is 40.1. The van der Waals surface area contributed by atoms with E-state index in [1.54, 1.807) is 24.3 Å². The van der Waals surface area contributed by atoms with Gasteiger partial charge in [0.15, 0.2) is 8.07 Å². The highest BCUT2D eigenvalue weighted by Gasteiger charge is 2.52. The second-order valence-electron chi connectivity index (χ2n) is 20.8. The van der Waals surface area contributed by atoms with Gasteiger partial charge in [0, 0.05) is 33.5 Å². The molecule has 2 aliphatic heterocycles. The van der Waals surface area contributed by atoms with Gasteiger partial charge in [-0.3, -0.25) is 17.9 Å². The molecule has 0 saturated carbocycles. The van der Waals surface area contributed by atoms with Crippen molar-refractivity contribution in [2.75, 3.05) is 0 Å². The number of aromatic nitrogens is 6. The summed E-state index contributed by atoms with van der Waals surface area (Å²) in [4.78, 5) is 15.5. The van der Waals surface area contributed by atoms with E-state index in [4.69, 9.17) is 18.2 Å². The minimum absolute atomic E-state index is 0.169. The lowest BCUT2D eigenvalue weighted by Crippen LogP contribution is -2.75. The van der Waals surface area contributed by atoms with Crippen LogP contribution in [0, 0.1) is 13.7 Å². The lowest BCUT2D eigenvalue weighted by Gasteiger charge is -2.47. The summed E-state index contributed by atoms with van der Waals surface area (Å²) in [7, 11) is -3.43. The lowest BCUT2D eigenvalue weighted by atomic mass is 9.64. The van der Waals surface area contributed by atoms with Crippen molar-refractivity contribution in [2.45, 2.75) is 38.7 Å². The van der Waals surface area contributed by atoms with Gasteiger partial charge < -0.3 is 0 Å². The molecule has 80 heavy (non-hydrogen) atoms. The molecule has 0 N–H and O–H groups in total. The number of aryl methyl sites for hydroxylation is 2. The third-order valence-corrected chi connectivity index (χ3v) is 24.2. The molecule has 9 heteroatoms. The predicted molar refractivity (Wildman–Crippen MR) is 332 cm³/mol. The van der Waals surface area contributed by atoms with Crippen molar-refractivity contribution in [1.29, 1.82) is 0 Å². The number of imidazole rings is 4.